The number of nitrogens with one attached hydrogen (secondary N) is 3. The van der Waals surface area contributed by atoms with Crippen molar-refractivity contribution in [3.8, 4) is 0 Å². The van der Waals surface area contributed by atoms with E-state index in [9.17, 15) is 8.42 Å². The molecule has 2 aliphatic heterocycles. The molecule has 20 nitrogen and oxygen atoms in total. The molecule has 3 aromatic rings. The average Bonchev–Trinajstić information content (AvgIpc) is 3.05. The summed E-state index contributed by atoms with van der Waals surface area (Å²) in [4.78, 5) is 35.0. The minimum Gasteiger partial charge on any atom is -0.378 e. The minimum atomic E-state index is -4.17. The molecule has 0 radical (unpaired) electrons. The van der Waals surface area contributed by atoms with Crippen LogP contribution in [0, 0.1) is 0 Å². The zero-order valence-corrected chi connectivity index (χ0v) is 26.0. The summed E-state index contributed by atoms with van der Waals surface area (Å²) in [6, 6.07) is 7.24. The summed E-state index contributed by atoms with van der Waals surface area (Å²) in [6.45, 7) is 4.36. The monoisotopic (exact) mass is 680 g/mol. The van der Waals surface area contributed by atoms with Crippen LogP contribution in [-0.4, -0.2) is 125 Å². The number of aromatic nitrogens is 6. The van der Waals surface area contributed by atoms with Gasteiger partial charge in [0.15, 0.2) is 0 Å². The summed E-state index contributed by atoms with van der Waals surface area (Å²) < 4.78 is 46.7. The van der Waals surface area contributed by atoms with Gasteiger partial charge in [-0.3, -0.25) is 4.55 Å². The topological polar surface area (TPSA) is 244 Å². The molecule has 0 atom stereocenters. The summed E-state index contributed by atoms with van der Waals surface area (Å²) in [7, 11) is -4.17. The number of nitrogens with zero attached hydrogens (tertiary/aromatic N) is 9. The second-order valence-corrected chi connectivity index (χ2v) is 11.8. The van der Waals surface area contributed by atoms with Gasteiger partial charge in [0.2, 0.25) is 29.7 Å². The lowest BCUT2D eigenvalue weighted by molar-refractivity contribution is -0.432. The van der Waals surface area contributed by atoms with Crippen LogP contribution in [0.5, 0.6) is 0 Å². The van der Waals surface area contributed by atoms with E-state index in [2.05, 4.69) is 60.2 Å². The standard InChI is InChI=1S/C24H32N12O8S2/c37-43-44-45-14-4-25-19-29-21(33-23(31-19)35-6-10-41-11-7-35)27-17-2-1-3-18(16-17)28-22-30-20(26-5-15-46(38,39)40)32-24(34-22)36-8-12-42-13-9-36/h1-4,16,37H,5-15H2,(H,38,39,40)(H,27,29,31,33)(H2,26,28,30,32,34). The molecular weight excluding hydrogens is 648 g/mol. The predicted octanol–water partition coefficient (Wildman–Crippen LogP) is 1.29. The molecule has 0 amide bonds. The molecule has 2 aromatic heterocycles. The third-order valence-electron chi connectivity index (χ3n) is 6.27. The van der Waals surface area contributed by atoms with Crippen molar-refractivity contribution in [1.82, 2.24) is 29.9 Å². The van der Waals surface area contributed by atoms with Gasteiger partial charge in [-0.15, -0.1) is 4.33 Å². The van der Waals surface area contributed by atoms with Crippen LogP contribution in [0.4, 0.5) is 47.1 Å². The van der Waals surface area contributed by atoms with Gasteiger partial charge in [0.05, 0.1) is 37.9 Å². The van der Waals surface area contributed by atoms with Crippen LogP contribution in [0.2, 0.25) is 0 Å². The van der Waals surface area contributed by atoms with Crippen LogP contribution in [0.1, 0.15) is 0 Å². The first-order valence-corrected chi connectivity index (χ1v) is 16.5. The number of morpholine rings is 2. The molecule has 2 saturated heterocycles. The van der Waals surface area contributed by atoms with E-state index in [-0.39, 0.29) is 36.1 Å². The maximum atomic E-state index is 11.2. The van der Waals surface area contributed by atoms with Gasteiger partial charge in [-0.05, 0) is 18.2 Å². The van der Waals surface area contributed by atoms with Gasteiger partial charge in [0.1, 0.15) is 0 Å². The fraction of sp³-hybridized carbons (Fsp3) is 0.458. The largest absolute Gasteiger partial charge is 0.378 e. The van der Waals surface area contributed by atoms with Crippen LogP contribution in [0.25, 0.3) is 0 Å². The highest BCUT2D eigenvalue weighted by Crippen LogP contribution is 2.24. The van der Waals surface area contributed by atoms with Crippen molar-refractivity contribution in [2.45, 2.75) is 0 Å². The Hall–Kier alpha value is -4.03. The molecule has 5 rings (SSSR count). The second kappa shape index (κ2) is 16.5. The Bertz CT molecular complexity index is 1580. The van der Waals surface area contributed by atoms with E-state index >= 15 is 0 Å². The van der Waals surface area contributed by atoms with Crippen molar-refractivity contribution < 1.29 is 37.1 Å². The van der Waals surface area contributed by atoms with Gasteiger partial charge in [-0.2, -0.15) is 38.3 Å². The second-order valence-electron chi connectivity index (χ2n) is 9.52. The zero-order chi connectivity index (χ0) is 32.2. The molecule has 248 valence electrons. The molecule has 2 aliphatic rings. The highest BCUT2D eigenvalue weighted by atomic mass is 32.2. The number of benzene rings is 1. The Kier molecular flexibility index (Phi) is 12.0. The Morgan fingerprint density at radius 3 is 2.09 bits per heavy atom. The fourth-order valence-electron chi connectivity index (χ4n) is 4.20. The molecular formula is C24H32N12O8S2. The Morgan fingerprint density at radius 2 is 1.48 bits per heavy atom. The molecule has 22 heteroatoms. The first kappa shape index (κ1) is 33.3. The molecule has 4 heterocycles. The third-order valence-corrected chi connectivity index (χ3v) is 7.43. The first-order valence-electron chi connectivity index (χ1n) is 14.0. The fourth-order valence-corrected chi connectivity index (χ4v) is 4.79. The highest BCUT2D eigenvalue weighted by Gasteiger charge is 2.19. The first-order chi connectivity index (χ1) is 22.3. The van der Waals surface area contributed by atoms with Gasteiger partial charge in [-0.1, -0.05) is 11.1 Å². The maximum Gasteiger partial charge on any atom is 0.266 e. The van der Waals surface area contributed by atoms with Gasteiger partial charge in [0.25, 0.3) is 16.1 Å². The van der Waals surface area contributed by atoms with Gasteiger partial charge in [0, 0.05) is 62.4 Å². The lowest BCUT2D eigenvalue weighted by atomic mass is 10.3. The average molecular weight is 681 g/mol. The molecule has 46 heavy (non-hydrogen) atoms. The van der Waals surface area contributed by atoms with Crippen LogP contribution in [0.15, 0.2) is 29.3 Å². The number of aliphatic imine (C=N–C) groups is 1. The Morgan fingerprint density at radius 1 is 0.891 bits per heavy atom. The van der Waals surface area contributed by atoms with Crippen LogP contribution in [-0.2, 0) is 29.0 Å². The van der Waals surface area contributed by atoms with Crippen molar-refractivity contribution in [2.75, 3.05) is 96.4 Å². The van der Waals surface area contributed by atoms with Crippen LogP contribution >= 0.6 is 12.0 Å². The van der Waals surface area contributed by atoms with E-state index in [1.54, 1.807) is 6.07 Å². The van der Waals surface area contributed by atoms with E-state index in [0.29, 0.717) is 75.9 Å². The predicted molar refractivity (Wildman–Crippen MR) is 169 cm³/mol. The quantitative estimate of drug-likeness (QED) is 0.0379. The molecule has 5 N–H and O–H groups in total. The zero-order valence-electron chi connectivity index (χ0n) is 24.4. The number of hydrogen-bond acceptors (Lipinski definition) is 20. The summed E-state index contributed by atoms with van der Waals surface area (Å²) in [5.74, 6) is 1.33. The Balaban J connectivity index is 1.34. The third kappa shape index (κ3) is 10.5. The van der Waals surface area contributed by atoms with E-state index in [0.717, 1.165) is 12.0 Å². The van der Waals surface area contributed by atoms with Crippen molar-refractivity contribution >= 4 is 75.4 Å². The number of ether oxygens (including phenoxy) is 2. The molecule has 0 bridgehead atoms. The SMILES string of the molecule is O=S(=O)(O)CCNc1nc(Nc2cccc(Nc3nc(N=CCSOOO)nc(N4CCOCC4)n3)c2)nc(N2CCOCC2)n1. The van der Waals surface area contributed by atoms with Gasteiger partial charge >= 0.3 is 0 Å². The van der Waals surface area contributed by atoms with Crippen molar-refractivity contribution in [2.24, 2.45) is 4.99 Å². The lowest BCUT2D eigenvalue weighted by Gasteiger charge is -2.27. The van der Waals surface area contributed by atoms with Gasteiger partial charge in [-0.25, -0.2) is 10.2 Å². The van der Waals surface area contributed by atoms with Crippen molar-refractivity contribution in [1.29, 1.82) is 0 Å². The Labute approximate surface area is 267 Å². The van der Waals surface area contributed by atoms with E-state index in [1.807, 2.05) is 28.0 Å². The van der Waals surface area contributed by atoms with E-state index < -0.39 is 15.9 Å². The molecule has 0 unspecified atom stereocenters. The van der Waals surface area contributed by atoms with Crippen molar-refractivity contribution in [3.63, 3.8) is 0 Å². The molecule has 1 aromatic carbocycles. The maximum absolute atomic E-state index is 11.2. The number of anilines is 7. The van der Waals surface area contributed by atoms with E-state index in [4.69, 9.17) is 19.3 Å². The number of rotatable bonds is 15. The molecule has 0 spiro atoms. The van der Waals surface area contributed by atoms with E-state index in [1.165, 1.54) is 6.21 Å². The summed E-state index contributed by atoms with van der Waals surface area (Å²) >= 11 is 0.825. The number of hydrogen-bond donors (Lipinski definition) is 5. The molecule has 0 saturated carbocycles. The van der Waals surface area contributed by atoms with Crippen molar-refractivity contribution in [3.05, 3.63) is 24.3 Å². The van der Waals surface area contributed by atoms with Crippen LogP contribution < -0.4 is 25.8 Å². The lowest BCUT2D eigenvalue weighted by Crippen LogP contribution is -2.37. The normalized spacial score (nSPS) is 15.7. The highest BCUT2D eigenvalue weighted by molar-refractivity contribution is 7.95. The summed E-state index contributed by atoms with van der Waals surface area (Å²) in [5.41, 5.74) is 1.26. The smallest absolute Gasteiger partial charge is 0.266 e. The molecule has 0 aliphatic carbocycles. The summed E-state index contributed by atoms with van der Waals surface area (Å²) in [5, 5.41) is 21.0. The summed E-state index contributed by atoms with van der Waals surface area (Å²) in [6.07, 6.45) is 1.50. The molecule has 2 fully saturated rings. The minimum absolute atomic E-state index is 0.0989. The van der Waals surface area contributed by atoms with Crippen LogP contribution in [0.3, 0.4) is 0 Å². The van der Waals surface area contributed by atoms with Gasteiger partial charge < -0.3 is 35.2 Å².